The summed E-state index contributed by atoms with van der Waals surface area (Å²) < 4.78 is 4.67. The van der Waals surface area contributed by atoms with Crippen LogP contribution in [0.4, 0.5) is 0 Å². The lowest BCUT2D eigenvalue weighted by molar-refractivity contribution is -0.138. The highest BCUT2D eigenvalue weighted by molar-refractivity contribution is 5.90. The molecule has 0 aromatic carbocycles. The van der Waals surface area contributed by atoms with Crippen LogP contribution in [-0.4, -0.2) is 59.9 Å². The van der Waals surface area contributed by atoms with Crippen molar-refractivity contribution in [1.29, 1.82) is 5.26 Å². The molecule has 0 spiro atoms. The molecule has 1 N–H and O–H groups in total. The number of esters is 1. The highest BCUT2D eigenvalue weighted by atomic mass is 16.5. The maximum Gasteiger partial charge on any atom is 0.338 e. The van der Waals surface area contributed by atoms with Gasteiger partial charge in [-0.15, -0.1) is 0 Å². The number of ether oxygens (including phenoxy) is 1. The van der Waals surface area contributed by atoms with Crippen LogP contribution in [0.2, 0.25) is 0 Å². The predicted octanol–water partition coefficient (Wildman–Crippen LogP) is 0.221. The molecule has 1 saturated heterocycles. The Labute approximate surface area is 118 Å². The summed E-state index contributed by atoms with van der Waals surface area (Å²) in [5.74, 6) is -0.508. The number of carbonyl (C=O) groups excluding carboxylic acids is 1. The minimum absolute atomic E-state index is 0.147. The third kappa shape index (κ3) is 3.00. The lowest BCUT2D eigenvalue weighted by Gasteiger charge is -2.34. The number of aliphatic hydroxyl groups is 1. The number of aliphatic hydroxyl groups excluding tert-OH is 1. The van der Waals surface area contributed by atoms with Gasteiger partial charge in [-0.05, 0) is 18.6 Å². The maximum atomic E-state index is 11.6. The standard InChI is InChI=1S/C14H19N3O3/c1-20-14(19)12-4-2-8-17(13(12)18)11-5-9-16(10-11)7-3-6-15/h2,4,8,11,13,18H,3,5,7,9-10H2,1H3/t11-,13?/m1/s1. The molecule has 108 valence electrons. The SMILES string of the molecule is COC(=O)C1=CC=CN([C@@H]2CCN(CCC#N)C2)C1O. The molecule has 6 nitrogen and oxygen atoms in total. The normalized spacial score (nSPS) is 26.2. The van der Waals surface area contributed by atoms with Crippen molar-refractivity contribution < 1.29 is 14.6 Å². The lowest BCUT2D eigenvalue weighted by Crippen LogP contribution is -2.44. The van der Waals surface area contributed by atoms with E-state index >= 15 is 0 Å². The summed E-state index contributed by atoms with van der Waals surface area (Å²) in [5.41, 5.74) is 0.255. The highest BCUT2D eigenvalue weighted by Gasteiger charge is 2.33. The van der Waals surface area contributed by atoms with Crippen LogP contribution in [0.5, 0.6) is 0 Å². The van der Waals surface area contributed by atoms with Crippen LogP contribution in [0.25, 0.3) is 0 Å². The first-order chi connectivity index (χ1) is 9.67. The zero-order chi connectivity index (χ0) is 14.5. The largest absolute Gasteiger partial charge is 0.466 e. The van der Waals surface area contributed by atoms with Gasteiger partial charge in [-0.25, -0.2) is 4.79 Å². The fraction of sp³-hybridized carbons (Fsp3) is 0.571. The smallest absolute Gasteiger partial charge is 0.338 e. The van der Waals surface area contributed by atoms with E-state index in [2.05, 4.69) is 15.7 Å². The molecular weight excluding hydrogens is 258 g/mol. The second-order valence-corrected chi connectivity index (χ2v) is 4.93. The Morgan fingerprint density at radius 3 is 3.15 bits per heavy atom. The number of rotatable bonds is 4. The fourth-order valence-corrected chi connectivity index (χ4v) is 2.65. The summed E-state index contributed by atoms with van der Waals surface area (Å²) in [7, 11) is 1.30. The molecule has 0 amide bonds. The van der Waals surface area contributed by atoms with Gasteiger partial charge in [0.1, 0.15) is 0 Å². The third-order valence-corrected chi connectivity index (χ3v) is 3.72. The van der Waals surface area contributed by atoms with Gasteiger partial charge < -0.3 is 19.6 Å². The predicted molar refractivity (Wildman–Crippen MR) is 72.2 cm³/mol. The van der Waals surface area contributed by atoms with E-state index in [1.54, 1.807) is 23.3 Å². The van der Waals surface area contributed by atoms with Crippen molar-refractivity contribution in [1.82, 2.24) is 9.80 Å². The average molecular weight is 277 g/mol. The van der Waals surface area contributed by atoms with Gasteiger partial charge in [0.2, 0.25) is 0 Å². The highest BCUT2D eigenvalue weighted by Crippen LogP contribution is 2.24. The third-order valence-electron chi connectivity index (χ3n) is 3.72. The first kappa shape index (κ1) is 14.6. The molecule has 2 aliphatic rings. The Kier molecular flexibility index (Phi) is 4.77. The van der Waals surface area contributed by atoms with Gasteiger partial charge in [-0.2, -0.15) is 5.26 Å². The van der Waals surface area contributed by atoms with Crippen molar-refractivity contribution in [3.05, 3.63) is 23.9 Å². The van der Waals surface area contributed by atoms with Crippen molar-refractivity contribution in [2.24, 2.45) is 0 Å². The summed E-state index contributed by atoms with van der Waals surface area (Å²) in [6, 6.07) is 2.28. The molecule has 0 aromatic heterocycles. The van der Waals surface area contributed by atoms with Crippen LogP contribution < -0.4 is 0 Å². The molecule has 2 heterocycles. The number of allylic oxidation sites excluding steroid dienone is 2. The Morgan fingerprint density at radius 1 is 1.65 bits per heavy atom. The number of nitriles is 1. The van der Waals surface area contributed by atoms with Gasteiger partial charge in [0.15, 0.2) is 6.23 Å². The Balaban J connectivity index is 1.98. The Bertz CT molecular complexity index is 467. The molecule has 2 atom stereocenters. The molecule has 0 aromatic rings. The summed E-state index contributed by atoms with van der Waals surface area (Å²) in [6.07, 6.45) is 5.58. The fourth-order valence-electron chi connectivity index (χ4n) is 2.65. The molecule has 1 fully saturated rings. The molecule has 0 saturated carbocycles. The zero-order valence-corrected chi connectivity index (χ0v) is 11.5. The maximum absolute atomic E-state index is 11.6. The monoisotopic (exact) mass is 277 g/mol. The molecule has 0 aliphatic carbocycles. The number of likely N-dealkylation sites (tertiary alicyclic amines) is 1. The quantitative estimate of drug-likeness (QED) is 0.741. The number of hydrogen-bond acceptors (Lipinski definition) is 6. The van der Waals surface area contributed by atoms with Crippen molar-refractivity contribution >= 4 is 5.97 Å². The lowest BCUT2D eigenvalue weighted by atomic mass is 10.1. The summed E-state index contributed by atoms with van der Waals surface area (Å²) >= 11 is 0. The first-order valence-corrected chi connectivity index (χ1v) is 6.69. The van der Waals surface area contributed by atoms with Gasteiger partial charge >= 0.3 is 5.97 Å². The van der Waals surface area contributed by atoms with E-state index in [0.717, 1.165) is 26.1 Å². The minimum Gasteiger partial charge on any atom is -0.466 e. The summed E-state index contributed by atoms with van der Waals surface area (Å²) in [5, 5.41) is 18.9. The summed E-state index contributed by atoms with van der Waals surface area (Å²) in [4.78, 5) is 15.6. The molecular formula is C14H19N3O3. The van der Waals surface area contributed by atoms with Gasteiger partial charge in [-0.1, -0.05) is 0 Å². The van der Waals surface area contributed by atoms with Gasteiger partial charge in [0.25, 0.3) is 0 Å². The van der Waals surface area contributed by atoms with E-state index in [1.165, 1.54) is 7.11 Å². The number of nitrogens with zero attached hydrogens (tertiary/aromatic N) is 3. The Hall–Kier alpha value is -1.84. The molecule has 0 radical (unpaired) electrons. The van der Waals surface area contributed by atoms with Gasteiger partial charge in [-0.3, -0.25) is 0 Å². The summed E-state index contributed by atoms with van der Waals surface area (Å²) in [6.45, 7) is 2.44. The van der Waals surface area contributed by atoms with E-state index in [4.69, 9.17) is 5.26 Å². The van der Waals surface area contributed by atoms with Crippen LogP contribution in [0.1, 0.15) is 12.8 Å². The van der Waals surface area contributed by atoms with E-state index in [0.29, 0.717) is 6.42 Å². The van der Waals surface area contributed by atoms with Gasteiger partial charge in [0, 0.05) is 38.3 Å². The molecule has 1 unspecified atom stereocenters. The number of carbonyl (C=O) groups is 1. The van der Waals surface area contributed by atoms with Crippen LogP contribution in [0, 0.1) is 11.3 Å². The first-order valence-electron chi connectivity index (χ1n) is 6.69. The Morgan fingerprint density at radius 2 is 2.45 bits per heavy atom. The molecule has 6 heteroatoms. The minimum atomic E-state index is -0.964. The van der Waals surface area contributed by atoms with Crippen molar-refractivity contribution in [2.45, 2.75) is 25.1 Å². The van der Waals surface area contributed by atoms with Crippen LogP contribution in [0.15, 0.2) is 23.9 Å². The van der Waals surface area contributed by atoms with E-state index < -0.39 is 12.2 Å². The van der Waals surface area contributed by atoms with Crippen LogP contribution in [0.3, 0.4) is 0 Å². The second-order valence-electron chi connectivity index (χ2n) is 4.93. The number of hydrogen-bond donors (Lipinski definition) is 1. The van der Waals surface area contributed by atoms with E-state index in [1.807, 2.05) is 0 Å². The average Bonchev–Trinajstić information content (AvgIpc) is 2.93. The molecule has 2 rings (SSSR count). The van der Waals surface area contributed by atoms with Crippen LogP contribution >= 0.6 is 0 Å². The topological polar surface area (TPSA) is 76.8 Å². The molecule has 0 bridgehead atoms. The van der Waals surface area contributed by atoms with Crippen molar-refractivity contribution in [3.8, 4) is 6.07 Å². The second kappa shape index (κ2) is 6.55. The molecule has 2 aliphatic heterocycles. The van der Waals surface area contributed by atoms with Crippen LogP contribution in [-0.2, 0) is 9.53 Å². The van der Waals surface area contributed by atoms with E-state index in [-0.39, 0.29) is 11.6 Å². The van der Waals surface area contributed by atoms with E-state index in [9.17, 15) is 9.90 Å². The van der Waals surface area contributed by atoms with Crippen molar-refractivity contribution in [3.63, 3.8) is 0 Å². The number of methoxy groups -OCH3 is 1. The van der Waals surface area contributed by atoms with Gasteiger partial charge in [0.05, 0.1) is 18.8 Å². The molecule has 20 heavy (non-hydrogen) atoms. The van der Waals surface area contributed by atoms with Crippen molar-refractivity contribution in [2.75, 3.05) is 26.7 Å². The zero-order valence-electron chi connectivity index (χ0n) is 11.5.